The summed E-state index contributed by atoms with van der Waals surface area (Å²) < 4.78 is 0. The van der Waals surface area contributed by atoms with Crippen molar-refractivity contribution in [3.63, 3.8) is 0 Å². The first kappa shape index (κ1) is 18.3. The van der Waals surface area contributed by atoms with Crippen molar-refractivity contribution in [2.75, 3.05) is 10.6 Å². The van der Waals surface area contributed by atoms with Gasteiger partial charge in [-0.15, -0.1) is 0 Å². The number of allylic oxidation sites excluding steroid dienone is 2. The summed E-state index contributed by atoms with van der Waals surface area (Å²) in [6, 6.07) is 4.71. The van der Waals surface area contributed by atoms with E-state index in [-0.39, 0.29) is 16.5 Å². The van der Waals surface area contributed by atoms with Gasteiger partial charge in [-0.2, -0.15) is 0 Å². The van der Waals surface area contributed by atoms with Gasteiger partial charge in [0.1, 0.15) is 5.82 Å². The maximum absolute atomic E-state index is 12.5. The quantitative estimate of drug-likeness (QED) is 0.421. The van der Waals surface area contributed by atoms with Crippen LogP contribution in [-0.4, -0.2) is 18.0 Å². The normalized spacial score (nSPS) is 15.3. The predicted octanol–water partition coefficient (Wildman–Crippen LogP) is 2.71. The van der Waals surface area contributed by atoms with Crippen molar-refractivity contribution in [1.82, 2.24) is 10.6 Å². The van der Waals surface area contributed by atoms with Crippen LogP contribution in [0, 0.1) is 5.41 Å². The Kier molecular flexibility index (Phi) is 5.61. The number of hydrogen-bond acceptors (Lipinski definition) is 5. The van der Waals surface area contributed by atoms with Crippen LogP contribution in [-0.2, 0) is 9.59 Å². The van der Waals surface area contributed by atoms with Crippen LogP contribution in [0.4, 0.5) is 11.4 Å². The Morgan fingerprint density at radius 2 is 2.00 bits per heavy atom. The zero-order valence-corrected chi connectivity index (χ0v) is 14.5. The summed E-state index contributed by atoms with van der Waals surface area (Å²) in [6.45, 7) is 7.00. The lowest BCUT2D eigenvalue weighted by molar-refractivity contribution is -0.114. The molecule has 0 radical (unpaired) electrons. The van der Waals surface area contributed by atoms with Gasteiger partial charge in [-0.3, -0.25) is 9.59 Å². The zero-order chi connectivity index (χ0) is 18.6. The molecule has 1 heterocycles. The molecule has 0 aliphatic carbocycles. The monoisotopic (exact) mass is 359 g/mol. The molecule has 0 saturated carbocycles. The molecule has 0 fully saturated rings. The van der Waals surface area contributed by atoms with Gasteiger partial charge in [-0.25, -0.2) is 0 Å². The van der Waals surface area contributed by atoms with Crippen molar-refractivity contribution in [2.24, 2.45) is 0 Å². The molecule has 0 aromatic heterocycles. The third kappa shape index (κ3) is 4.71. The van der Waals surface area contributed by atoms with Gasteiger partial charge in [0.25, 0.3) is 5.91 Å². The first-order chi connectivity index (χ1) is 11.8. The number of halogens is 1. The fraction of sp³-hybridized carbons (Fsp3) is 0.118. The molecular weight excluding hydrogens is 342 g/mol. The number of hydrogen-bond donors (Lipinski definition) is 5. The lowest BCUT2D eigenvalue weighted by Crippen LogP contribution is -2.33. The highest BCUT2D eigenvalue weighted by Crippen LogP contribution is 2.25. The Morgan fingerprint density at radius 1 is 1.28 bits per heavy atom. The second kappa shape index (κ2) is 7.67. The van der Waals surface area contributed by atoms with Crippen LogP contribution in [0.15, 0.2) is 53.6 Å². The highest BCUT2D eigenvalue weighted by atomic mass is 35.5. The Balaban J connectivity index is 2.22. The van der Waals surface area contributed by atoms with Crippen LogP contribution in [0.25, 0.3) is 0 Å². The average Bonchev–Trinajstić information content (AvgIpc) is 2.49. The van der Waals surface area contributed by atoms with E-state index in [0.717, 1.165) is 11.9 Å². The highest BCUT2D eigenvalue weighted by molar-refractivity contribution is 6.34. The second-order valence-electron chi connectivity index (χ2n) is 5.37. The first-order valence-corrected chi connectivity index (χ1v) is 7.72. The van der Waals surface area contributed by atoms with Crippen LogP contribution in [0.1, 0.15) is 13.8 Å². The summed E-state index contributed by atoms with van der Waals surface area (Å²) in [6.07, 6.45) is 2.73. The minimum Gasteiger partial charge on any atom is -0.345 e. The third-order valence-corrected chi connectivity index (χ3v) is 3.51. The van der Waals surface area contributed by atoms with Crippen molar-refractivity contribution < 1.29 is 9.59 Å². The Labute approximate surface area is 150 Å². The molecule has 25 heavy (non-hydrogen) atoms. The van der Waals surface area contributed by atoms with Gasteiger partial charge in [-0.05, 0) is 31.2 Å². The summed E-state index contributed by atoms with van der Waals surface area (Å²) >= 11 is 6.09. The van der Waals surface area contributed by atoms with Crippen molar-refractivity contribution >= 4 is 41.0 Å². The van der Waals surface area contributed by atoms with E-state index in [9.17, 15) is 9.59 Å². The molecule has 1 aromatic carbocycles. The second-order valence-corrected chi connectivity index (χ2v) is 5.77. The number of rotatable bonds is 4. The average molecular weight is 360 g/mol. The van der Waals surface area contributed by atoms with Gasteiger partial charge in [-0.1, -0.05) is 18.2 Å². The van der Waals surface area contributed by atoms with Crippen LogP contribution in [0.3, 0.4) is 0 Å². The predicted molar refractivity (Wildman–Crippen MR) is 99.4 cm³/mol. The number of benzene rings is 1. The summed E-state index contributed by atoms with van der Waals surface area (Å²) in [7, 11) is 0. The molecule has 1 aliphatic rings. The summed E-state index contributed by atoms with van der Waals surface area (Å²) in [4.78, 5) is 23.6. The minimum atomic E-state index is -0.490. The third-order valence-electron chi connectivity index (χ3n) is 3.19. The maximum atomic E-state index is 12.5. The van der Waals surface area contributed by atoms with E-state index in [1.165, 1.54) is 13.0 Å². The van der Waals surface area contributed by atoms with Crippen molar-refractivity contribution in [3.8, 4) is 0 Å². The molecular formula is C17H18ClN5O2. The number of carbonyl (C=O) groups excluding carboxylic acids is 2. The Bertz CT molecular complexity index is 826. The molecule has 0 spiro atoms. The molecule has 130 valence electrons. The van der Waals surface area contributed by atoms with Crippen LogP contribution < -0.4 is 21.3 Å². The van der Waals surface area contributed by atoms with Crippen LogP contribution >= 0.6 is 11.6 Å². The fourth-order valence-corrected chi connectivity index (χ4v) is 2.42. The lowest BCUT2D eigenvalue weighted by atomic mass is 10.2. The van der Waals surface area contributed by atoms with E-state index in [4.69, 9.17) is 17.0 Å². The van der Waals surface area contributed by atoms with Crippen molar-refractivity contribution in [1.29, 1.82) is 5.41 Å². The Morgan fingerprint density at radius 3 is 2.56 bits per heavy atom. The molecule has 0 bridgehead atoms. The minimum absolute atomic E-state index is 0.107. The molecule has 2 amide bonds. The molecule has 2 rings (SSSR count). The molecule has 8 heteroatoms. The van der Waals surface area contributed by atoms with E-state index in [2.05, 4.69) is 27.8 Å². The summed E-state index contributed by atoms with van der Waals surface area (Å²) in [5.41, 5.74) is 2.40. The number of nitrogens with one attached hydrogen (secondary N) is 5. The van der Waals surface area contributed by atoms with E-state index in [1.807, 2.05) is 6.92 Å². The summed E-state index contributed by atoms with van der Waals surface area (Å²) in [5.74, 6) is -0.359. The molecule has 7 nitrogen and oxygen atoms in total. The van der Waals surface area contributed by atoms with Gasteiger partial charge in [0.2, 0.25) is 5.91 Å². The summed E-state index contributed by atoms with van der Waals surface area (Å²) in [5, 5.41) is 19.0. The lowest BCUT2D eigenvalue weighted by Gasteiger charge is -2.22. The topological polar surface area (TPSA) is 106 Å². The molecule has 5 N–H and O–H groups in total. The highest BCUT2D eigenvalue weighted by Gasteiger charge is 2.17. The molecule has 0 atom stereocenters. The van der Waals surface area contributed by atoms with Gasteiger partial charge < -0.3 is 26.7 Å². The SMILES string of the molecule is C=C1C=C(C)N/C(=C(\C=N)C(=O)Nc2ccc(NC(C)=O)c(Cl)c2)N1. The van der Waals surface area contributed by atoms with Gasteiger partial charge in [0.05, 0.1) is 16.3 Å². The van der Waals surface area contributed by atoms with Crippen molar-refractivity contribution in [3.05, 3.63) is 58.7 Å². The van der Waals surface area contributed by atoms with Gasteiger partial charge >= 0.3 is 0 Å². The number of carbonyl (C=O) groups is 2. The van der Waals surface area contributed by atoms with Gasteiger partial charge in [0, 0.05) is 30.2 Å². The Hall–Kier alpha value is -3.06. The van der Waals surface area contributed by atoms with Crippen LogP contribution in [0.2, 0.25) is 5.02 Å². The first-order valence-electron chi connectivity index (χ1n) is 7.34. The fourth-order valence-electron chi connectivity index (χ4n) is 2.19. The largest absolute Gasteiger partial charge is 0.345 e. The number of anilines is 2. The van der Waals surface area contributed by atoms with Gasteiger partial charge in [0.15, 0.2) is 0 Å². The van der Waals surface area contributed by atoms with E-state index >= 15 is 0 Å². The molecule has 0 unspecified atom stereocenters. The molecule has 1 aliphatic heterocycles. The van der Waals surface area contributed by atoms with E-state index in [0.29, 0.717) is 22.9 Å². The molecule has 1 aromatic rings. The van der Waals surface area contributed by atoms with Crippen molar-refractivity contribution in [2.45, 2.75) is 13.8 Å². The smallest absolute Gasteiger partial charge is 0.260 e. The maximum Gasteiger partial charge on any atom is 0.260 e. The molecule has 0 saturated heterocycles. The zero-order valence-electron chi connectivity index (χ0n) is 13.8. The number of amides is 2. The van der Waals surface area contributed by atoms with E-state index in [1.54, 1.807) is 18.2 Å². The van der Waals surface area contributed by atoms with E-state index < -0.39 is 5.91 Å². The standard InChI is InChI=1S/C17H18ClN5O2/c1-9-6-10(2)21-16(20-9)13(8-19)17(25)23-12-4-5-15(14(18)7-12)22-11(3)24/h4-8,19-21H,1H2,2-3H3,(H,22,24)(H,23,25)/b16-13+,19-8?. The van der Waals surface area contributed by atoms with Crippen LogP contribution in [0.5, 0.6) is 0 Å².